The van der Waals surface area contributed by atoms with Crippen LogP contribution in [0.25, 0.3) is 16.8 Å². The summed E-state index contributed by atoms with van der Waals surface area (Å²) in [7, 11) is 1.71. The van der Waals surface area contributed by atoms with E-state index in [-0.39, 0.29) is 5.92 Å². The number of rotatable bonds is 5. The van der Waals surface area contributed by atoms with Crippen LogP contribution in [0.2, 0.25) is 0 Å². The zero-order valence-corrected chi connectivity index (χ0v) is 18.3. The van der Waals surface area contributed by atoms with Crippen molar-refractivity contribution in [2.75, 3.05) is 38.9 Å². The Bertz CT molecular complexity index is 1160. The number of anilines is 1. The summed E-state index contributed by atoms with van der Waals surface area (Å²) in [5, 5.41) is 2.57. The highest BCUT2D eigenvalue weighted by Crippen LogP contribution is 2.38. The van der Waals surface area contributed by atoms with Gasteiger partial charge in [0.05, 0.1) is 30.1 Å². The molecule has 2 amide bonds. The number of nitrogens with two attached hydrogens (primary N) is 1. The van der Waals surface area contributed by atoms with Crippen molar-refractivity contribution in [2.24, 2.45) is 5.73 Å². The molecule has 32 heavy (non-hydrogen) atoms. The largest absolute Gasteiger partial charge is 0.381 e. The lowest BCUT2D eigenvalue weighted by Crippen LogP contribution is -2.30. The average Bonchev–Trinajstić information content (AvgIpc) is 3.52. The third kappa shape index (κ3) is 3.62. The van der Waals surface area contributed by atoms with Gasteiger partial charge in [-0.25, -0.2) is 14.8 Å². The van der Waals surface area contributed by atoms with Crippen molar-refractivity contribution in [1.29, 1.82) is 0 Å². The molecule has 3 N–H and O–H groups in total. The lowest BCUT2D eigenvalue weighted by atomic mass is 9.95. The van der Waals surface area contributed by atoms with Crippen LogP contribution in [-0.2, 0) is 19.8 Å². The minimum atomic E-state index is -0.654. The molecule has 2 aliphatic heterocycles. The van der Waals surface area contributed by atoms with Crippen LogP contribution in [0.1, 0.15) is 35.7 Å². The maximum atomic E-state index is 11.4. The Hall–Kier alpha value is -3.01. The van der Waals surface area contributed by atoms with Gasteiger partial charge in [-0.3, -0.25) is 5.32 Å². The number of primary amides is 1. The number of hydrogen-bond donors (Lipinski definition) is 2. The van der Waals surface area contributed by atoms with E-state index >= 15 is 0 Å². The standard InChI is InChI=1S/C23H27N5O4/c1-14-7-17(26-20(8-14)23(30-2)4-6-32-12-23)16-9-18(15-3-5-31-11-15)28-13-25-21(10-19(16)28)27-22(24)29/h7-10,13,15H,3-6,11-12H2,1-2H3,(H3,24,27,29)/t15?,23-/m1/s1. The first-order valence-corrected chi connectivity index (χ1v) is 10.8. The summed E-state index contributed by atoms with van der Waals surface area (Å²) >= 11 is 0. The molecule has 5 heterocycles. The fourth-order valence-corrected chi connectivity index (χ4v) is 4.66. The zero-order chi connectivity index (χ0) is 22.3. The second-order valence-corrected chi connectivity index (χ2v) is 8.48. The molecular formula is C23H27N5O4. The van der Waals surface area contributed by atoms with E-state index in [4.69, 9.17) is 24.9 Å². The Morgan fingerprint density at radius 1 is 1.28 bits per heavy atom. The van der Waals surface area contributed by atoms with E-state index in [0.29, 0.717) is 25.6 Å². The minimum Gasteiger partial charge on any atom is -0.381 e. The molecule has 2 aliphatic rings. The van der Waals surface area contributed by atoms with E-state index in [1.54, 1.807) is 13.4 Å². The minimum absolute atomic E-state index is 0.269. The Balaban J connectivity index is 1.68. The number of urea groups is 1. The molecule has 3 aromatic heterocycles. The van der Waals surface area contributed by atoms with Gasteiger partial charge in [0.15, 0.2) is 0 Å². The molecule has 0 bridgehead atoms. The van der Waals surface area contributed by atoms with E-state index in [0.717, 1.165) is 53.2 Å². The Morgan fingerprint density at radius 2 is 2.16 bits per heavy atom. The van der Waals surface area contributed by atoms with E-state index in [1.807, 2.05) is 6.07 Å². The highest BCUT2D eigenvalue weighted by atomic mass is 16.5. The number of aromatic nitrogens is 3. The van der Waals surface area contributed by atoms with Crippen LogP contribution in [0, 0.1) is 6.92 Å². The number of carbonyl (C=O) groups is 1. The molecule has 5 rings (SSSR count). The van der Waals surface area contributed by atoms with Gasteiger partial charge in [-0.05, 0) is 37.1 Å². The molecule has 2 fully saturated rings. The monoisotopic (exact) mass is 437 g/mol. The van der Waals surface area contributed by atoms with Gasteiger partial charge in [-0.2, -0.15) is 0 Å². The number of fused-ring (bicyclic) bond motifs is 1. The highest BCUT2D eigenvalue weighted by molar-refractivity contribution is 5.89. The molecule has 0 radical (unpaired) electrons. The van der Waals surface area contributed by atoms with Gasteiger partial charge in [-0.1, -0.05) is 0 Å². The van der Waals surface area contributed by atoms with Crippen molar-refractivity contribution in [3.63, 3.8) is 0 Å². The Kier molecular flexibility index (Phi) is 5.32. The first-order valence-electron chi connectivity index (χ1n) is 10.8. The van der Waals surface area contributed by atoms with Gasteiger partial charge in [0.2, 0.25) is 0 Å². The number of pyridine rings is 1. The quantitative estimate of drug-likeness (QED) is 0.635. The molecule has 2 saturated heterocycles. The summed E-state index contributed by atoms with van der Waals surface area (Å²) in [5.74, 6) is 0.662. The van der Waals surface area contributed by atoms with Crippen LogP contribution in [0.4, 0.5) is 10.6 Å². The molecule has 2 atom stereocenters. The first kappa shape index (κ1) is 20.9. The normalized spacial score (nSPS) is 23.1. The first-order chi connectivity index (χ1) is 15.5. The van der Waals surface area contributed by atoms with E-state index < -0.39 is 11.6 Å². The fourth-order valence-electron chi connectivity index (χ4n) is 4.66. The molecule has 3 aromatic rings. The predicted molar refractivity (Wildman–Crippen MR) is 119 cm³/mol. The summed E-state index contributed by atoms with van der Waals surface area (Å²) in [5.41, 5.74) is 10.5. The molecule has 9 heteroatoms. The van der Waals surface area contributed by atoms with Crippen LogP contribution >= 0.6 is 0 Å². The number of methoxy groups -OCH3 is 1. The van der Waals surface area contributed by atoms with Gasteiger partial charge < -0.3 is 24.3 Å². The van der Waals surface area contributed by atoms with Crippen LogP contribution in [0.15, 0.2) is 30.6 Å². The molecular weight excluding hydrogens is 410 g/mol. The van der Waals surface area contributed by atoms with E-state index in [9.17, 15) is 4.79 Å². The van der Waals surface area contributed by atoms with Gasteiger partial charge in [0, 0.05) is 50.0 Å². The highest BCUT2D eigenvalue weighted by Gasteiger charge is 2.38. The number of nitrogens with one attached hydrogen (secondary N) is 1. The maximum Gasteiger partial charge on any atom is 0.317 e. The lowest BCUT2D eigenvalue weighted by Gasteiger charge is -2.26. The molecule has 0 spiro atoms. The van der Waals surface area contributed by atoms with Crippen LogP contribution < -0.4 is 11.1 Å². The van der Waals surface area contributed by atoms with Crippen molar-refractivity contribution in [2.45, 2.75) is 31.3 Å². The zero-order valence-electron chi connectivity index (χ0n) is 18.3. The summed E-state index contributed by atoms with van der Waals surface area (Å²) in [6, 6.07) is 7.45. The number of nitrogens with zero attached hydrogens (tertiary/aromatic N) is 3. The topological polar surface area (TPSA) is 113 Å². The van der Waals surface area contributed by atoms with Crippen molar-refractivity contribution in [3.05, 3.63) is 47.5 Å². The van der Waals surface area contributed by atoms with E-state index in [1.165, 1.54) is 0 Å². The molecule has 0 aromatic carbocycles. The van der Waals surface area contributed by atoms with E-state index in [2.05, 4.69) is 39.8 Å². The third-order valence-electron chi connectivity index (χ3n) is 6.38. The molecule has 1 unspecified atom stereocenters. The Morgan fingerprint density at radius 3 is 2.84 bits per heavy atom. The average molecular weight is 438 g/mol. The van der Waals surface area contributed by atoms with Crippen LogP contribution in [0.5, 0.6) is 0 Å². The fraction of sp³-hybridized carbons (Fsp3) is 0.435. The molecule has 0 saturated carbocycles. The summed E-state index contributed by atoms with van der Waals surface area (Å²) < 4.78 is 19.2. The van der Waals surface area contributed by atoms with Crippen LogP contribution in [-0.4, -0.2) is 53.9 Å². The van der Waals surface area contributed by atoms with Crippen LogP contribution in [0.3, 0.4) is 0 Å². The number of hydrogen-bond acceptors (Lipinski definition) is 6. The smallest absolute Gasteiger partial charge is 0.317 e. The molecule has 168 valence electrons. The van der Waals surface area contributed by atoms with Crippen molar-refractivity contribution in [3.8, 4) is 11.3 Å². The SMILES string of the molecule is CO[C@]1(c2cc(C)cc(-c3cc(C4CCOC4)n4cnc(NC(N)=O)cc34)n2)CCOC1. The second-order valence-electron chi connectivity index (χ2n) is 8.48. The number of carbonyl (C=O) groups excluding carboxylic acids is 1. The van der Waals surface area contributed by atoms with Gasteiger partial charge >= 0.3 is 6.03 Å². The second kappa shape index (κ2) is 8.16. The molecule has 9 nitrogen and oxygen atoms in total. The number of aryl methyl sites for hydroxylation is 1. The lowest BCUT2D eigenvalue weighted by molar-refractivity contribution is -0.0245. The van der Waals surface area contributed by atoms with Crippen molar-refractivity contribution >= 4 is 17.4 Å². The number of ether oxygens (including phenoxy) is 3. The third-order valence-corrected chi connectivity index (χ3v) is 6.38. The summed E-state index contributed by atoms with van der Waals surface area (Å²) in [6.45, 7) is 4.60. The molecule has 0 aliphatic carbocycles. The predicted octanol–water partition coefficient (Wildman–Crippen LogP) is 2.96. The van der Waals surface area contributed by atoms with Gasteiger partial charge in [-0.15, -0.1) is 0 Å². The van der Waals surface area contributed by atoms with Gasteiger partial charge in [0.1, 0.15) is 17.7 Å². The summed E-state index contributed by atoms with van der Waals surface area (Å²) in [4.78, 5) is 20.8. The number of amides is 2. The van der Waals surface area contributed by atoms with Crippen molar-refractivity contribution < 1.29 is 19.0 Å². The summed E-state index contributed by atoms with van der Waals surface area (Å²) in [6.07, 6.45) is 3.43. The van der Waals surface area contributed by atoms with Crippen molar-refractivity contribution in [1.82, 2.24) is 14.4 Å². The Labute approximate surface area is 185 Å². The maximum absolute atomic E-state index is 11.4. The van der Waals surface area contributed by atoms with Gasteiger partial charge in [0.25, 0.3) is 0 Å².